The summed E-state index contributed by atoms with van der Waals surface area (Å²) in [5.74, 6) is 1.45. The number of nitrogens with zero attached hydrogens (tertiary/aromatic N) is 3. The second-order valence-electron chi connectivity index (χ2n) is 7.16. The molecule has 0 aliphatic carbocycles. The molecule has 34 heavy (non-hydrogen) atoms. The summed E-state index contributed by atoms with van der Waals surface area (Å²) in [6, 6.07) is 16.7. The number of aryl methyl sites for hydroxylation is 2. The minimum Gasteiger partial charge on any atom is -0.494 e. The maximum absolute atomic E-state index is 5.75. The second-order valence-corrected chi connectivity index (χ2v) is 7.16. The van der Waals surface area contributed by atoms with Gasteiger partial charge in [-0.1, -0.05) is 103 Å². The average molecular weight is 471 g/mol. The summed E-state index contributed by atoms with van der Waals surface area (Å²) in [5, 5.41) is 11.2. The van der Waals surface area contributed by atoms with Crippen molar-refractivity contribution in [3.8, 4) is 17.0 Å². The normalized spacial score (nSPS) is 9.18. The van der Waals surface area contributed by atoms with Crippen molar-refractivity contribution in [2.24, 2.45) is 0 Å². The van der Waals surface area contributed by atoms with Crippen molar-refractivity contribution in [2.45, 2.75) is 81.2 Å². The van der Waals surface area contributed by atoms with Crippen LogP contribution in [0.25, 0.3) is 11.3 Å². The van der Waals surface area contributed by atoms with E-state index in [9.17, 15) is 0 Å². The van der Waals surface area contributed by atoms with Crippen molar-refractivity contribution in [1.82, 2.24) is 20.3 Å². The Labute approximate surface area is 210 Å². The van der Waals surface area contributed by atoms with Gasteiger partial charge in [0.1, 0.15) is 11.4 Å². The molecule has 0 aliphatic rings. The van der Waals surface area contributed by atoms with Gasteiger partial charge in [-0.15, -0.1) is 5.10 Å². The van der Waals surface area contributed by atoms with Crippen molar-refractivity contribution in [1.29, 1.82) is 0 Å². The Kier molecular flexibility index (Phi) is 21.8. The first-order chi connectivity index (χ1) is 16.5. The van der Waals surface area contributed by atoms with E-state index in [0.717, 1.165) is 30.0 Å². The van der Waals surface area contributed by atoms with Crippen molar-refractivity contribution >= 4 is 0 Å². The monoisotopic (exact) mass is 470 g/mol. The van der Waals surface area contributed by atoms with E-state index in [-0.39, 0.29) is 0 Å². The Morgan fingerprint density at radius 2 is 1.38 bits per heavy atom. The fourth-order valence-corrected chi connectivity index (χ4v) is 2.63. The van der Waals surface area contributed by atoms with Crippen LogP contribution in [-0.2, 0) is 6.54 Å². The molecule has 1 aromatic heterocycles. The Morgan fingerprint density at radius 3 is 1.88 bits per heavy atom. The van der Waals surface area contributed by atoms with Gasteiger partial charge in [0.25, 0.3) is 0 Å². The van der Waals surface area contributed by atoms with Gasteiger partial charge in [0.15, 0.2) is 0 Å². The highest BCUT2D eigenvalue weighted by molar-refractivity contribution is 5.58. The standard InChI is InChI=1S/C21H25N3O.C2H7N.3C2H6/c1-16(2)18-7-9-19(10-8-18)21-15-24(23-22-21)13-4-14-25-20-11-5-17(3)6-12-20;1-3-2;3*1-2/h5-12,15-16H,4,13-14H2,1-3H3;3H,1-2H3;3*1-2H3. The van der Waals surface area contributed by atoms with Crippen LogP contribution in [0.3, 0.4) is 0 Å². The van der Waals surface area contributed by atoms with Crippen LogP contribution in [0.15, 0.2) is 54.7 Å². The predicted octanol–water partition coefficient (Wildman–Crippen LogP) is 7.76. The molecule has 3 aromatic rings. The highest BCUT2D eigenvalue weighted by Gasteiger charge is 2.05. The summed E-state index contributed by atoms with van der Waals surface area (Å²) >= 11 is 0. The highest BCUT2D eigenvalue weighted by Crippen LogP contribution is 2.20. The van der Waals surface area contributed by atoms with Crippen molar-refractivity contribution in [2.75, 3.05) is 20.7 Å². The zero-order chi connectivity index (χ0) is 26.4. The number of ether oxygens (including phenoxy) is 1. The number of rotatable bonds is 7. The first-order valence-electron chi connectivity index (χ1n) is 12.8. The zero-order valence-electron chi connectivity index (χ0n) is 23.6. The van der Waals surface area contributed by atoms with Crippen LogP contribution in [0.4, 0.5) is 0 Å². The number of aromatic nitrogens is 3. The quantitative estimate of drug-likeness (QED) is 0.358. The van der Waals surface area contributed by atoms with Crippen molar-refractivity contribution in [3.63, 3.8) is 0 Å². The molecular weight excluding hydrogens is 420 g/mol. The van der Waals surface area contributed by atoms with Gasteiger partial charge in [0.2, 0.25) is 0 Å². The maximum atomic E-state index is 5.75. The number of nitrogens with one attached hydrogen (secondary N) is 1. The minimum absolute atomic E-state index is 0.540. The Balaban J connectivity index is 0. The van der Waals surface area contributed by atoms with Crippen molar-refractivity contribution in [3.05, 3.63) is 65.9 Å². The van der Waals surface area contributed by atoms with Crippen molar-refractivity contribution < 1.29 is 4.74 Å². The lowest BCUT2D eigenvalue weighted by molar-refractivity contribution is 0.298. The molecule has 1 N–H and O–H groups in total. The van der Waals surface area contributed by atoms with Gasteiger partial charge in [-0.3, -0.25) is 4.68 Å². The molecular formula is C29H50N4O. The van der Waals surface area contributed by atoms with E-state index in [4.69, 9.17) is 4.74 Å². The lowest BCUT2D eigenvalue weighted by Crippen LogP contribution is -2.05. The smallest absolute Gasteiger partial charge is 0.119 e. The van der Waals surface area contributed by atoms with Gasteiger partial charge in [-0.25, -0.2) is 0 Å². The van der Waals surface area contributed by atoms with Crippen LogP contribution >= 0.6 is 0 Å². The van der Waals surface area contributed by atoms with E-state index in [1.165, 1.54) is 11.1 Å². The van der Waals surface area contributed by atoms with Gasteiger partial charge in [0.05, 0.1) is 12.8 Å². The first kappa shape index (κ1) is 33.5. The third kappa shape index (κ3) is 13.8. The van der Waals surface area contributed by atoms with Gasteiger partial charge < -0.3 is 10.1 Å². The van der Waals surface area contributed by atoms with E-state index in [0.29, 0.717) is 12.5 Å². The topological polar surface area (TPSA) is 52.0 Å². The van der Waals surface area contributed by atoms with E-state index in [1.54, 1.807) is 0 Å². The van der Waals surface area contributed by atoms with E-state index < -0.39 is 0 Å². The fourth-order valence-electron chi connectivity index (χ4n) is 2.63. The second kappa shape index (κ2) is 22.1. The van der Waals surface area contributed by atoms with Crippen LogP contribution < -0.4 is 10.1 Å². The molecule has 0 amide bonds. The Hall–Kier alpha value is -2.66. The summed E-state index contributed by atoms with van der Waals surface area (Å²) in [4.78, 5) is 0. The molecule has 5 heteroatoms. The maximum Gasteiger partial charge on any atom is 0.119 e. The third-order valence-electron chi connectivity index (χ3n) is 4.23. The molecule has 0 atom stereocenters. The molecule has 2 aromatic carbocycles. The van der Waals surface area contributed by atoms with Crippen LogP contribution in [0.2, 0.25) is 0 Å². The molecule has 0 radical (unpaired) electrons. The summed E-state index contributed by atoms with van der Waals surface area (Å²) in [6.07, 6.45) is 2.89. The molecule has 3 rings (SSSR count). The lowest BCUT2D eigenvalue weighted by atomic mass is 10.0. The fraction of sp³-hybridized carbons (Fsp3) is 0.517. The molecule has 5 nitrogen and oxygen atoms in total. The van der Waals surface area contributed by atoms with Gasteiger partial charge in [0, 0.05) is 18.5 Å². The van der Waals surface area contributed by atoms with Gasteiger partial charge in [-0.2, -0.15) is 0 Å². The molecule has 0 unspecified atom stereocenters. The molecule has 0 saturated carbocycles. The largest absolute Gasteiger partial charge is 0.494 e. The molecule has 0 aliphatic heterocycles. The van der Waals surface area contributed by atoms with Crippen LogP contribution in [-0.4, -0.2) is 35.7 Å². The number of hydrogen-bond acceptors (Lipinski definition) is 4. The molecule has 0 fully saturated rings. The van der Waals surface area contributed by atoms with Crippen LogP contribution in [0, 0.1) is 6.92 Å². The molecule has 0 bridgehead atoms. The third-order valence-corrected chi connectivity index (χ3v) is 4.23. The van der Waals surface area contributed by atoms with Crippen LogP contribution in [0.5, 0.6) is 5.75 Å². The molecule has 0 spiro atoms. The van der Waals surface area contributed by atoms with E-state index in [2.05, 4.69) is 72.8 Å². The van der Waals surface area contributed by atoms with Gasteiger partial charge in [-0.05, 0) is 44.6 Å². The minimum atomic E-state index is 0.540. The van der Waals surface area contributed by atoms with E-state index in [1.807, 2.05) is 78.6 Å². The molecule has 0 saturated heterocycles. The molecule has 1 heterocycles. The Bertz CT molecular complexity index is 809. The average Bonchev–Trinajstić information content (AvgIpc) is 3.36. The predicted molar refractivity (Wildman–Crippen MR) is 150 cm³/mol. The first-order valence-corrected chi connectivity index (χ1v) is 12.8. The Morgan fingerprint density at radius 1 is 0.853 bits per heavy atom. The number of hydrogen-bond donors (Lipinski definition) is 1. The van der Waals surface area contributed by atoms with Crippen LogP contribution in [0.1, 0.15) is 78.9 Å². The zero-order valence-corrected chi connectivity index (χ0v) is 23.6. The summed E-state index contributed by atoms with van der Waals surface area (Å²) in [5.41, 5.74) is 4.59. The highest BCUT2D eigenvalue weighted by atomic mass is 16.5. The summed E-state index contributed by atoms with van der Waals surface area (Å²) in [7, 11) is 3.75. The SMILES string of the molecule is CC.CC.CC.CNC.Cc1ccc(OCCCn2cc(-c3ccc(C(C)C)cc3)nn2)cc1. The lowest BCUT2D eigenvalue weighted by Gasteiger charge is -2.06. The summed E-state index contributed by atoms with van der Waals surface area (Å²) < 4.78 is 7.63. The van der Waals surface area contributed by atoms with E-state index >= 15 is 0 Å². The molecule has 192 valence electrons. The number of benzene rings is 2. The summed E-state index contributed by atoms with van der Waals surface area (Å²) in [6.45, 7) is 19.9. The van der Waals surface area contributed by atoms with Gasteiger partial charge >= 0.3 is 0 Å².